The molecule has 2 rings (SSSR count). The minimum Gasteiger partial charge on any atom is -0.744 e. The van der Waals surface area contributed by atoms with Crippen molar-refractivity contribution in [3.05, 3.63) is 65.3 Å². The molecule has 0 saturated carbocycles. The van der Waals surface area contributed by atoms with E-state index in [0.717, 1.165) is 12.1 Å². The second-order valence-corrected chi connectivity index (χ2v) is 5.25. The SMILES string of the molecule is [C-]#[N+]c1cccc(Oc2ccc(S(=O)(=O)[O-])cc2)c1[N+]#[C-].[Na+]. The maximum Gasteiger partial charge on any atom is 1.00 e. The average Bonchev–Trinajstić information content (AvgIpc) is 2.46. The standard InChI is InChI=1S/C14H8N2O4S.Na/c1-15-12-4-3-5-13(14(12)16-2)20-10-6-8-11(9-7-10)21(17,18)19;/h3-9H,(H,17,18,19);/q;+1/p-1. The second kappa shape index (κ2) is 7.41. The van der Waals surface area contributed by atoms with E-state index in [2.05, 4.69) is 9.69 Å². The fourth-order valence-corrected chi connectivity index (χ4v) is 2.07. The van der Waals surface area contributed by atoms with Crippen LogP contribution in [0.5, 0.6) is 11.5 Å². The molecule has 0 N–H and O–H groups in total. The van der Waals surface area contributed by atoms with Gasteiger partial charge in [-0.3, -0.25) is 0 Å². The first-order chi connectivity index (χ1) is 9.95. The minimum absolute atomic E-state index is 0. The van der Waals surface area contributed by atoms with Crippen molar-refractivity contribution in [3.8, 4) is 11.5 Å². The van der Waals surface area contributed by atoms with Crippen LogP contribution in [-0.2, 0) is 10.1 Å². The summed E-state index contributed by atoms with van der Waals surface area (Å²) in [6.45, 7) is 14.1. The Morgan fingerprint density at radius 2 is 1.64 bits per heavy atom. The Morgan fingerprint density at radius 3 is 2.14 bits per heavy atom. The summed E-state index contributed by atoms with van der Waals surface area (Å²) < 4.78 is 37.9. The summed E-state index contributed by atoms with van der Waals surface area (Å²) in [6, 6.07) is 9.46. The van der Waals surface area contributed by atoms with Crippen molar-refractivity contribution in [2.24, 2.45) is 0 Å². The first-order valence-corrected chi connectivity index (χ1v) is 6.98. The first-order valence-electron chi connectivity index (χ1n) is 5.57. The van der Waals surface area contributed by atoms with Crippen molar-refractivity contribution in [2.45, 2.75) is 4.90 Å². The largest absolute Gasteiger partial charge is 1.00 e. The van der Waals surface area contributed by atoms with Crippen LogP contribution in [0.4, 0.5) is 11.4 Å². The molecular formula is C14H7N2NaO4S. The smallest absolute Gasteiger partial charge is 0.744 e. The average molecular weight is 322 g/mol. The molecular weight excluding hydrogens is 315 g/mol. The van der Waals surface area contributed by atoms with Crippen LogP contribution in [-0.4, -0.2) is 13.0 Å². The van der Waals surface area contributed by atoms with Crippen LogP contribution in [0.25, 0.3) is 9.69 Å². The van der Waals surface area contributed by atoms with E-state index >= 15 is 0 Å². The third-order valence-electron chi connectivity index (χ3n) is 2.55. The van der Waals surface area contributed by atoms with E-state index in [1.807, 2.05) is 0 Å². The Hall–Kier alpha value is -1.87. The third-order valence-corrected chi connectivity index (χ3v) is 3.40. The van der Waals surface area contributed by atoms with Crippen LogP contribution in [0.2, 0.25) is 0 Å². The number of para-hydroxylation sites is 1. The normalized spacial score (nSPS) is 9.95. The molecule has 104 valence electrons. The van der Waals surface area contributed by atoms with Gasteiger partial charge in [-0.2, -0.15) is 0 Å². The van der Waals surface area contributed by atoms with Gasteiger partial charge in [0.05, 0.1) is 18.0 Å². The fraction of sp³-hybridized carbons (Fsp3) is 0. The molecule has 0 bridgehead atoms. The second-order valence-electron chi connectivity index (χ2n) is 3.88. The summed E-state index contributed by atoms with van der Waals surface area (Å²) >= 11 is 0. The number of hydrogen-bond donors (Lipinski definition) is 0. The Balaban J connectivity index is 0.00000242. The van der Waals surface area contributed by atoms with Crippen molar-refractivity contribution in [1.82, 2.24) is 0 Å². The maximum atomic E-state index is 10.8. The van der Waals surface area contributed by atoms with Crippen LogP contribution in [0, 0.1) is 13.1 Å². The van der Waals surface area contributed by atoms with Crippen molar-refractivity contribution in [2.75, 3.05) is 0 Å². The Labute approximate surface area is 150 Å². The fourth-order valence-electron chi connectivity index (χ4n) is 1.60. The molecule has 0 radical (unpaired) electrons. The van der Waals surface area contributed by atoms with Gasteiger partial charge in [-0.15, -0.1) is 0 Å². The molecule has 0 aliphatic heterocycles. The van der Waals surface area contributed by atoms with Gasteiger partial charge in [0.1, 0.15) is 21.6 Å². The quantitative estimate of drug-likeness (QED) is 0.468. The monoisotopic (exact) mass is 322 g/mol. The summed E-state index contributed by atoms with van der Waals surface area (Å²) in [5.74, 6) is 0.450. The Morgan fingerprint density at radius 1 is 1.00 bits per heavy atom. The summed E-state index contributed by atoms with van der Waals surface area (Å²) in [6.07, 6.45) is 0. The predicted octanol–water partition coefficient (Wildman–Crippen LogP) is 0.489. The zero-order chi connectivity index (χ0) is 15.5. The molecule has 2 aromatic carbocycles. The molecule has 0 unspecified atom stereocenters. The molecule has 0 heterocycles. The third kappa shape index (κ3) is 4.08. The zero-order valence-electron chi connectivity index (χ0n) is 11.5. The topological polar surface area (TPSA) is 75.2 Å². The van der Waals surface area contributed by atoms with Crippen LogP contribution in [0.15, 0.2) is 47.4 Å². The van der Waals surface area contributed by atoms with E-state index in [4.69, 9.17) is 17.9 Å². The van der Waals surface area contributed by atoms with Crippen molar-refractivity contribution < 1.29 is 47.3 Å². The number of hydrogen-bond acceptors (Lipinski definition) is 4. The summed E-state index contributed by atoms with van der Waals surface area (Å²) in [5, 5.41) is 0. The predicted molar refractivity (Wildman–Crippen MR) is 73.4 cm³/mol. The number of benzene rings is 2. The Bertz CT molecular complexity index is 865. The number of rotatable bonds is 3. The van der Waals surface area contributed by atoms with Gasteiger partial charge >= 0.3 is 29.6 Å². The molecule has 0 spiro atoms. The van der Waals surface area contributed by atoms with Gasteiger partial charge in [-0.05, 0) is 30.3 Å². The van der Waals surface area contributed by atoms with Crippen LogP contribution >= 0.6 is 0 Å². The number of nitrogens with zero attached hydrogens (tertiary/aromatic N) is 2. The summed E-state index contributed by atoms with van der Waals surface area (Å²) in [5.41, 5.74) is 0.245. The van der Waals surface area contributed by atoms with Gasteiger partial charge in [0.25, 0.3) is 0 Å². The molecule has 22 heavy (non-hydrogen) atoms. The molecule has 0 saturated heterocycles. The van der Waals surface area contributed by atoms with Gasteiger partial charge in [0.2, 0.25) is 5.69 Å². The van der Waals surface area contributed by atoms with E-state index in [0.29, 0.717) is 0 Å². The van der Waals surface area contributed by atoms with Crippen molar-refractivity contribution in [3.63, 3.8) is 0 Å². The molecule has 0 fully saturated rings. The van der Waals surface area contributed by atoms with Gasteiger partial charge in [-0.25, -0.2) is 18.1 Å². The molecule has 0 atom stereocenters. The van der Waals surface area contributed by atoms with E-state index in [-0.39, 0.29) is 57.3 Å². The van der Waals surface area contributed by atoms with E-state index in [9.17, 15) is 13.0 Å². The van der Waals surface area contributed by atoms with Crippen LogP contribution in [0.3, 0.4) is 0 Å². The zero-order valence-corrected chi connectivity index (χ0v) is 14.3. The van der Waals surface area contributed by atoms with Gasteiger partial charge < -0.3 is 9.29 Å². The van der Waals surface area contributed by atoms with Gasteiger partial charge in [-0.1, -0.05) is 12.1 Å². The Kier molecular flexibility index (Phi) is 6.12. The maximum absolute atomic E-state index is 10.8. The van der Waals surface area contributed by atoms with E-state index in [1.54, 1.807) is 6.07 Å². The van der Waals surface area contributed by atoms with Gasteiger partial charge in [0, 0.05) is 0 Å². The summed E-state index contributed by atoms with van der Waals surface area (Å²) in [7, 11) is -4.51. The van der Waals surface area contributed by atoms with Gasteiger partial charge in [0.15, 0.2) is 5.69 Å². The molecule has 8 heteroatoms. The molecule has 6 nitrogen and oxygen atoms in total. The first kappa shape index (κ1) is 18.2. The minimum atomic E-state index is -4.51. The summed E-state index contributed by atoms with van der Waals surface area (Å²) in [4.78, 5) is 6.12. The van der Waals surface area contributed by atoms with Crippen LogP contribution < -0.4 is 34.3 Å². The van der Waals surface area contributed by atoms with Crippen LogP contribution in [0.1, 0.15) is 0 Å². The van der Waals surface area contributed by atoms with Crippen molar-refractivity contribution >= 4 is 21.5 Å². The molecule has 2 aromatic rings. The van der Waals surface area contributed by atoms with E-state index < -0.39 is 10.1 Å². The number of ether oxygens (including phenoxy) is 1. The molecule has 0 aliphatic rings. The van der Waals surface area contributed by atoms with E-state index in [1.165, 1.54) is 24.3 Å². The molecule has 0 amide bonds. The molecule has 0 aromatic heterocycles. The van der Waals surface area contributed by atoms with Crippen molar-refractivity contribution in [1.29, 1.82) is 0 Å². The molecule has 0 aliphatic carbocycles.